The fourth-order valence-electron chi connectivity index (χ4n) is 1.95. The summed E-state index contributed by atoms with van der Waals surface area (Å²) in [5.41, 5.74) is 0.439. The Morgan fingerprint density at radius 2 is 2.04 bits per heavy atom. The molecule has 0 radical (unpaired) electrons. The summed E-state index contributed by atoms with van der Waals surface area (Å²) in [5, 5.41) is 5.24. The van der Waals surface area contributed by atoms with Crippen molar-refractivity contribution in [2.45, 2.75) is 17.1 Å². The van der Waals surface area contributed by atoms with E-state index in [1.807, 2.05) is 0 Å². The van der Waals surface area contributed by atoms with Crippen molar-refractivity contribution in [3.8, 4) is 0 Å². The molecular weight excluding hydrogens is 391 g/mol. The van der Waals surface area contributed by atoms with Gasteiger partial charge in [-0.05, 0) is 36.1 Å². The summed E-state index contributed by atoms with van der Waals surface area (Å²) in [4.78, 5) is 12.0. The molecule has 0 aliphatic heterocycles. The quantitative estimate of drug-likeness (QED) is 0.752. The lowest BCUT2D eigenvalue weighted by Gasteiger charge is -2.15. The molecule has 1 amide bonds. The van der Waals surface area contributed by atoms with E-state index < -0.39 is 10.0 Å². The van der Waals surface area contributed by atoms with Crippen LogP contribution in [0.2, 0.25) is 10.0 Å². The van der Waals surface area contributed by atoms with Gasteiger partial charge in [-0.15, -0.1) is 11.3 Å². The van der Waals surface area contributed by atoms with Crippen LogP contribution in [0.5, 0.6) is 0 Å². The highest BCUT2D eigenvalue weighted by Gasteiger charge is 2.21. The molecule has 1 N–H and O–H groups in total. The molecule has 2 rings (SSSR count). The zero-order valence-electron chi connectivity index (χ0n) is 12.8. The van der Waals surface area contributed by atoms with Crippen LogP contribution in [0.1, 0.15) is 12.8 Å². The summed E-state index contributed by atoms with van der Waals surface area (Å²) in [5.74, 6) is -0.249. The highest BCUT2D eigenvalue weighted by Crippen LogP contribution is 2.25. The maximum atomic E-state index is 12.2. The van der Waals surface area contributed by atoms with E-state index in [1.54, 1.807) is 35.7 Å². The third kappa shape index (κ3) is 4.94. The van der Waals surface area contributed by atoms with E-state index in [0.29, 0.717) is 26.4 Å². The Hall–Kier alpha value is -1.12. The van der Waals surface area contributed by atoms with Gasteiger partial charge < -0.3 is 5.32 Å². The molecule has 0 unspecified atom stereocenters. The summed E-state index contributed by atoms with van der Waals surface area (Å²) >= 11 is 13.0. The zero-order chi connectivity index (χ0) is 17.7. The van der Waals surface area contributed by atoms with Gasteiger partial charge in [0.2, 0.25) is 5.91 Å². The van der Waals surface area contributed by atoms with Crippen molar-refractivity contribution in [1.82, 2.24) is 4.31 Å². The summed E-state index contributed by atoms with van der Waals surface area (Å²) in [7, 11) is -1.98. The number of anilines is 1. The predicted octanol–water partition coefficient (Wildman–Crippen LogP) is 4.09. The molecule has 24 heavy (non-hydrogen) atoms. The minimum atomic E-state index is -3.48. The molecule has 0 atom stereocenters. The number of hydrogen-bond acceptors (Lipinski definition) is 4. The minimum absolute atomic E-state index is 0.174. The van der Waals surface area contributed by atoms with Gasteiger partial charge in [0.1, 0.15) is 4.21 Å². The van der Waals surface area contributed by atoms with E-state index in [1.165, 1.54) is 22.7 Å². The minimum Gasteiger partial charge on any atom is -0.325 e. The van der Waals surface area contributed by atoms with Crippen LogP contribution in [-0.4, -0.2) is 32.2 Å². The first kappa shape index (κ1) is 19.2. The van der Waals surface area contributed by atoms with Gasteiger partial charge in [-0.25, -0.2) is 12.7 Å². The number of nitrogens with one attached hydrogen (secondary N) is 1. The lowest BCUT2D eigenvalue weighted by atomic mass is 10.2. The second-order valence-corrected chi connectivity index (χ2v) is 9.10. The molecule has 1 aromatic heterocycles. The van der Waals surface area contributed by atoms with Crippen LogP contribution >= 0.6 is 34.5 Å². The topological polar surface area (TPSA) is 66.5 Å². The van der Waals surface area contributed by atoms with Crippen LogP contribution in [0.15, 0.2) is 39.9 Å². The van der Waals surface area contributed by atoms with E-state index in [4.69, 9.17) is 23.2 Å². The maximum absolute atomic E-state index is 12.2. The molecule has 0 aliphatic carbocycles. The van der Waals surface area contributed by atoms with Crippen LogP contribution in [0, 0.1) is 0 Å². The number of carbonyl (C=O) groups excluding carboxylic acids is 1. The molecule has 9 heteroatoms. The zero-order valence-corrected chi connectivity index (χ0v) is 16.0. The van der Waals surface area contributed by atoms with Crippen molar-refractivity contribution in [2.24, 2.45) is 0 Å². The molecular formula is C15H16Cl2N2O3S2. The number of carbonyl (C=O) groups is 1. The molecule has 0 spiro atoms. The van der Waals surface area contributed by atoms with Crippen LogP contribution < -0.4 is 5.32 Å². The highest BCUT2D eigenvalue weighted by atomic mass is 35.5. The van der Waals surface area contributed by atoms with E-state index in [0.717, 1.165) is 0 Å². The number of rotatable bonds is 7. The molecule has 0 bridgehead atoms. The SMILES string of the molecule is CN(CCCC(=O)Nc1cc(Cl)ccc1Cl)S(=O)(=O)c1cccs1. The Morgan fingerprint density at radius 3 is 2.71 bits per heavy atom. The third-order valence-corrected chi connectivity index (χ3v) is 7.03. The van der Waals surface area contributed by atoms with E-state index >= 15 is 0 Å². The van der Waals surface area contributed by atoms with Gasteiger partial charge in [0.15, 0.2) is 0 Å². The average molecular weight is 407 g/mol. The Balaban J connectivity index is 1.85. The van der Waals surface area contributed by atoms with E-state index in [9.17, 15) is 13.2 Å². The normalized spacial score (nSPS) is 11.7. The maximum Gasteiger partial charge on any atom is 0.252 e. The number of nitrogens with zero attached hydrogens (tertiary/aromatic N) is 1. The van der Waals surface area contributed by atoms with Crippen molar-refractivity contribution < 1.29 is 13.2 Å². The average Bonchev–Trinajstić information content (AvgIpc) is 3.06. The van der Waals surface area contributed by atoms with Crippen molar-refractivity contribution in [1.29, 1.82) is 0 Å². The van der Waals surface area contributed by atoms with Crippen LogP contribution in [0.3, 0.4) is 0 Å². The van der Waals surface area contributed by atoms with Gasteiger partial charge >= 0.3 is 0 Å². The van der Waals surface area contributed by atoms with Crippen molar-refractivity contribution in [3.63, 3.8) is 0 Å². The highest BCUT2D eigenvalue weighted by molar-refractivity contribution is 7.91. The Bertz CT molecular complexity index is 808. The third-order valence-electron chi connectivity index (χ3n) is 3.24. The van der Waals surface area contributed by atoms with Gasteiger partial charge in [-0.1, -0.05) is 29.3 Å². The lowest BCUT2D eigenvalue weighted by molar-refractivity contribution is -0.116. The molecule has 5 nitrogen and oxygen atoms in total. The largest absolute Gasteiger partial charge is 0.325 e. The fourth-order valence-corrected chi connectivity index (χ4v) is 4.70. The smallest absolute Gasteiger partial charge is 0.252 e. The fraction of sp³-hybridized carbons (Fsp3) is 0.267. The van der Waals surface area contributed by atoms with Crippen molar-refractivity contribution >= 4 is 56.2 Å². The van der Waals surface area contributed by atoms with Crippen LogP contribution in [0.4, 0.5) is 5.69 Å². The summed E-state index contributed by atoms with van der Waals surface area (Å²) in [6.45, 7) is 0.247. The van der Waals surface area contributed by atoms with Crippen molar-refractivity contribution in [2.75, 3.05) is 18.9 Å². The monoisotopic (exact) mass is 406 g/mol. The molecule has 1 heterocycles. The molecule has 2 aromatic rings. The molecule has 0 saturated carbocycles. The van der Waals surface area contributed by atoms with E-state index in [2.05, 4.69) is 5.32 Å². The van der Waals surface area contributed by atoms with E-state index in [-0.39, 0.29) is 18.9 Å². The van der Waals surface area contributed by atoms with Crippen LogP contribution in [0.25, 0.3) is 0 Å². The van der Waals surface area contributed by atoms with Gasteiger partial charge in [-0.3, -0.25) is 4.79 Å². The van der Waals surface area contributed by atoms with Gasteiger partial charge in [-0.2, -0.15) is 0 Å². The Labute approximate surface area is 155 Å². The molecule has 1 aromatic carbocycles. The second-order valence-electron chi connectivity index (χ2n) is 5.03. The molecule has 130 valence electrons. The number of hydrogen-bond donors (Lipinski definition) is 1. The summed E-state index contributed by atoms with van der Waals surface area (Å²) < 4.78 is 26.0. The Morgan fingerprint density at radius 1 is 1.29 bits per heavy atom. The molecule has 0 fully saturated rings. The standard InChI is InChI=1S/C15H16Cl2N2O3S2/c1-19(24(21,22)15-5-3-9-23-15)8-2-4-14(20)18-13-10-11(16)6-7-12(13)17/h3,5-7,9-10H,2,4,8H2,1H3,(H,18,20). The first-order chi connectivity index (χ1) is 11.3. The predicted molar refractivity (Wildman–Crippen MR) is 98.5 cm³/mol. The lowest BCUT2D eigenvalue weighted by Crippen LogP contribution is -2.28. The second kappa shape index (κ2) is 8.31. The Kier molecular flexibility index (Phi) is 6.65. The number of benzene rings is 1. The van der Waals surface area contributed by atoms with Gasteiger partial charge in [0.05, 0.1) is 10.7 Å². The summed E-state index contributed by atoms with van der Waals surface area (Å²) in [6.07, 6.45) is 0.568. The first-order valence-electron chi connectivity index (χ1n) is 7.05. The number of halogens is 2. The van der Waals surface area contributed by atoms with Gasteiger partial charge in [0.25, 0.3) is 10.0 Å². The van der Waals surface area contributed by atoms with Crippen molar-refractivity contribution in [3.05, 3.63) is 45.8 Å². The molecule has 0 saturated heterocycles. The summed E-state index contributed by atoms with van der Waals surface area (Å²) in [6, 6.07) is 8.04. The first-order valence-corrected chi connectivity index (χ1v) is 10.1. The number of amides is 1. The molecule has 0 aliphatic rings. The number of sulfonamides is 1. The number of thiophene rings is 1. The van der Waals surface area contributed by atoms with Gasteiger partial charge in [0, 0.05) is 25.0 Å². The van der Waals surface area contributed by atoms with Crippen LogP contribution in [-0.2, 0) is 14.8 Å².